The van der Waals surface area contributed by atoms with Crippen molar-refractivity contribution in [1.29, 1.82) is 0 Å². The molecule has 1 N–H and O–H groups in total. The number of ketones is 1. The summed E-state index contributed by atoms with van der Waals surface area (Å²) in [7, 11) is 0. The summed E-state index contributed by atoms with van der Waals surface area (Å²) in [4.78, 5) is 39.7. The summed E-state index contributed by atoms with van der Waals surface area (Å²) in [5.41, 5.74) is -0.573. The summed E-state index contributed by atoms with van der Waals surface area (Å²) < 4.78 is 10.8. The molecule has 8 nitrogen and oxygen atoms in total. The molecule has 2 rings (SSSR count). The highest BCUT2D eigenvalue weighted by molar-refractivity contribution is 5.93. The second-order valence-electron chi connectivity index (χ2n) is 9.26. The van der Waals surface area contributed by atoms with E-state index in [1.165, 1.54) is 39.0 Å². The molecule has 1 aliphatic rings. The topological polar surface area (TPSA) is 111 Å². The van der Waals surface area contributed by atoms with Crippen LogP contribution < -0.4 is 5.32 Å². The van der Waals surface area contributed by atoms with Crippen LogP contribution in [0.1, 0.15) is 108 Å². The monoisotopic (exact) mass is 421 g/mol. The highest BCUT2D eigenvalue weighted by atomic mass is 16.6. The maximum absolute atomic E-state index is 12.4. The molecule has 30 heavy (non-hydrogen) atoms. The molecule has 1 fully saturated rings. The number of rotatable bonds is 10. The Labute approximate surface area is 178 Å². The third-order valence-electron chi connectivity index (χ3n) is 5.21. The van der Waals surface area contributed by atoms with Crippen molar-refractivity contribution < 1.29 is 23.6 Å². The lowest BCUT2D eigenvalue weighted by atomic mass is 9.84. The van der Waals surface area contributed by atoms with Crippen molar-refractivity contribution in [2.45, 2.75) is 97.0 Å². The number of carbonyl (C=O) groups is 3. The molecular formula is C22H35N3O5. The van der Waals surface area contributed by atoms with Crippen LogP contribution in [0.4, 0.5) is 0 Å². The molecule has 0 aromatic carbocycles. The quantitative estimate of drug-likeness (QED) is 0.569. The minimum Gasteiger partial charge on any atom is -0.460 e. The number of aromatic nitrogens is 2. The van der Waals surface area contributed by atoms with E-state index in [4.69, 9.17) is 9.26 Å². The zero-order valence-corrected chi connectivity index (χ0v) is 18.7. The van der Waals surface area contributed by atoms with Gasteiger partial charge in [0.2, 0.25) is 5.89 Å². The number of esters is 1. The van der Waals surface area contributed by atoms with Gasteiger partial charge in [0.05, 0.1) is 13.0 Å². The number of hydrogen-bond acceptors (Lipinski definition) is 7. The molecule has 1 amide bonds. The van der Waals surface area contributed by atoms with Gasteiger partial charge in [-0.05, 0) is 40.0 Å². The van der Waals surface area contributed by atoms with Crippen molar-refractivity contribution in [1.82, 2.24) is 15.5 Å². The summed E-state index contributed by atoms with van der Waals surface area (Å²) in [6.45, 7) is 6.77. The molecule has 0 saturated heterocycles. The molecule has 1 heterocycles. The predicted octanol–water partition coefficient (Wildman–Crippen LogP) is 3.95. The lowest BCUT2D eigenvalue weighted by Gasteiger charge is -2.23. The molecule has 1 aliphatic carbocycles. The molecule has 0 aliphatic heterocycles. The van der Waals surface area contributed by atoms with E-state index in [0.717, 1.165) is 18.8 Å². The first-order valence-electron chi connectivity index (χ1n) is 11.0. The van der Waals surface area contributed by atoms with Gasteiger partial charge in [-0.2, -0.15) is 4.98 Å². The van der Waals surface area contributed by atoms with E-state index in [1.807, 2.05) is 20.8 Å². The normalized spacial score (nSPS) is 16.1. The fourth-order valence-corrected chi connectivity index (χ4v) is 3.80. The Morgan fingerprint density at radius 1 is 1.20 bits per heavy atom. The van der Waals surface area contributed by atoms with Crippen molar-refractivity contribution in [3.63, 3.8) is 0 Å². The van der Waals surface area contributed by atoms with E-state index in [9.17, 15) is 14.4 Å². The zero-order chi connectivity index (χ0) is 22.1. The highest BCUT2D eigenvalue weighted by Gasteiger charge is 2.27. The van der Waals surface area contributed by atoms with Crippen LogP contribution in [-0.2, 0) is 14.3 Å². The molecule has 1 aromatic heterocycles. The number of carbonyl (C=O) groups excluding carboxylic acids is 3. The van der Waals surface area contributed by atoms with Crippen LogP contribution in [0.15, 0.2) is 4.52 Å². The van der Waals surface area contributed by atoms with E-state index in [1.54, 1.807) is 0 Å². The van der Waals surface area contributed by atoms with Gasteiger partial charge in [-0.1, -0.05) is 50.1 Å². The van der Waals surface area contributed by atoms with Gasteiger partial charge in [0.25, 0.3) is 11.7 Å². The van der Waals surface area contributed by atoms with Crippen molar-refractivity contribution in [2.24, 2.45) is 5.92 Å². The van der Waals surface area contributed by atoms with E-state index in [2.05, 4.69) is 15.5 Å². The number of ether oxygens (including phenoxy) is 1. The lowest BCUT2D eigenvalue weighted by Crippen LogP contribution is -2.29. The second-order valence-corrected chi connectivity index (χ2v) is 9.26. The third-order valence-corrected chi connectivity index (χ3v) is 5.21. The Bertz CT molecular complexity index is 717. The van der Waals surface area contributed by atoms with Gasteiger partial charge in [0, 0.05) is 5.92 Å². The second kappa shape index (κ2) is 11.2. The molecule has 1 atom stereocenters. The molecule has 1 aromatic rings. The molecule has 168 valence electrons. The van der Waals surface area contributed by atoms with Gasteiger partial charge < -0.3 is 14.6 Å². The summed E-state index contributed by atoms with van der Waals surface area (Å²) in [6, 6.07) is 0. The number of nitrogens with one attached hydrogen (secondary N) is 1. The maximum Gasteiger partial charge on any atom is 0.307 e. The number of Topliss-reactive ketones (excluding diaryl/α,β-unsaturated/α-hetero) is 1. The van der Waals surface area contributed by atoms with Gasteiger partial charge in [-0.15, -0.1) is 0 Å². The largest absolute Gasteiger partial charge is 0.460 e. The molecule has 0 bridgehead atoms. The SMILES string of the molecule is CC(=O)CNC(=O)c1noc([C@H](CCCC2CCCCC2)CC(=O)OC(C)(C)C)n1. The van der Waals surface area contributed by atoms with Crippen LogP contribution in [0.2, 0.25) is 0 Å². The smallest absolute Gasteiger partial charge is 0.307 e. The lowest BCUT2D eigenvalue weighted by molar-refractivity contribution is -0.155. The Kier molecular flexibility index (Phi) is 8.99. The van der Waals surface area contributed by atoms with Crippen LogP contribution in [0.25, 0.3) is 0 Å². The van der Waals surface area contributed by atoms with Gasteiger partial charge in [-0.25, -0.2) is 0 Å². The van der Waals surface area contributed by atoms with Crippen LogP contribution in [0, 0.1) is 5.92 Å². The van der Waals surface area contributed by atoms with Crippen LogP contribution in [0.5, 0.6) is 0 Å². The summed E-state index contributed by atoms with van der Waals surface area (Å²) in [5, 5.41) is 6.18. The first-order valence-corrected chi connectivity index (χ1v) is 11.0. The highest BCUT2D eigenvalue weighted by Crippen LogP contribution is 2.31. The number of nitrogens with zero attached hydrogens (tertiary/aromatic N) is 2. The molecule has 0 radical (unpaired) electrons. The van der Waals surface area contributed by atoms with Crippen molar-refractivity contribution >= 4 is 17.7 Å². The van der Waals surface area contributed by atoms with Gasteiger partial charge >= 0.3 is 5.97 Å². The first kappa shape index (κ1) is 24.0. The third kappa shape index (κ3) is 8.63. The predicted molar refractivity (Wildman–Crippen MR) is 111 cm³/mol. The van der Waals surface area contributed by atoms with Crippen LogP contribution >= 0.6 is 0 Å². The standard InChI is InChI=1S/C22H35N3O5/c1-15(26)14-23-20(28)19-24-21(30-25-19)17(13-18(27)29-22(2,3)4)12-8-11-16-9-6-5-7-10-16/h16-17H,5-14H2,1-4H3,(H,23,28)/t17-/m1/s1. The average molecular weight is 422 g/mol. The number of amides is 1. The van der Waals surface area contributed by atoms with Gasteiger partial charge in [0.15, 0.2) is 0 Å². The minimum absolute atomic E-state index is 0.0918. The molecule has 1 saturated carbocycles. The van der Waals surface area contributed by atoms with E-state index in [-0.39, 0.29) is 42.4 Å². The maximum atomic E-state index is 12.4. The molecular weight excluding hydrogens is 386 g/mol. The van der Waals surface area contributed by atoms with E-state index in [0.29, 0.717) is 6.42 Å². The van der Waals surface area contributed by atoms with Crippen LogP contribution in [-0.4, -0.2) is 39.9 Å². The molecule has 0 unspecified atom stereocenters. The van der Waals surface area contributed by atoms with Gasteiger partial charge in [-0.3, -0.25) is 14.4 Å². The van der Waals surface area contributed by atoms with Crippen molar-refractivity contribution in [3.05, 3.63) is 11.7 Å². The Balaban J connectivity index is 2.01. The Hall–Kier alpha value is -2.25. The Morgan fingerprint density at radius 2 is 1.90 bits per heavy atom. The number of hydrogen-bond donors (Lipinski definition) is 1. The van der Waals surface area contributed by atoms with Crippen molar-refractivity contribution in [2.75, 3.05) is 6.54 Å². The summed E-state index contributed by atoms with van der Waals surface area (Å²) in [6.07, 6.45) is 9.38. The summed E-state index contributed by atoms with van der Waals surface area (Å²) >= 11 is 0. The van der Waals surface area contributed by atoms with E-state index >= 15 is 0 Å². The zero-order valence-electron chi connectivity index (χ0n) is 18.7. The Morgan fingerprint density at radius 3 is 2.53 bits per heavy atom. The minimum atomic E-state index is -0.573. The molecule has 8 heteroatoms. The fourth-order valence-electron chi connectivity index (χ4n) is 3.80. The van der Waals surface area contributed by atoms with Crippen LogP contribution in [0.3, 0.4) is 0 Å². The average Bonchev–Trinajstić information content (AvgIpc) is 3.15. The first-order chi connectivity index (χ1) is 14.1. The van der Waals surface area contributed by atoms with Gasteiger partial charge in [0.1, 0.15) is 11.4 Å². The summed E-state index contributed by atoms with van der Waals surface area (Å²) in [5.74, 6) is -0.492. The fraction of sp³-hybridized carbons (Fsp3) is 0.773. The van der Waals surface area contributed by atoms with E-state index < -0.39 is 11.5 Å². The van der Waals surface area contributed by atoms with Crippen molar-refractivity contribution in [3.8, 4) is 0 Å². The molecule has 0 spiro atoms.